The molecular weight excluding hydrogens is 281 g/mol. The molecule has 1 aliphatic rings. The summed E-state index contributed by atoms with van der Waals surface area (Å²) in [7, 11) is 0. The Morgan fingerprint density at radius 1 is 1.14 bits per heavy atom. The maximum absolute atomic E-state index is 12.5. The molecule has 2 heterocycles. The second-order valence-electron chi connectivity index (χ2n) is 5.85. The summed E-state index contributed by atoms with van der Waals surface area (Å²) in [6.07, 6.45) is -4.15. The number of anilines is 1. The highest BCUT2D eigenvalue weighted by Crippen LogP contribution is 2.20. The van der Waals surface area contributed by atoms with Gasteiger partial charge in [0, 0.05) is 37.6 Å². The van der Waals surface area contributed by atoms with Crippen LogP contribution in [0.2, 0.25) is 0 Å². The Balaban J connectivity index is 2.10. The topological polar surface area (TPSA) is 32.3 Å². The predicted molar refractivity (Wildman–Crippen MR) is 75.4 cm³/mol. The average Bonchev–Trinajstić information content (AvgIpc) is 2.47. The fourth-order valence-electron chi connectivity index (χ4n) is 2.75. The fraction of sp³-hybridized carbons (Fsp3) is 0.714. The molecule has 1 fully saturated rings. The maximum atomic E-state index is 12.5. The zero-order chi connectivity index (χ0) is 15.6. The molecule has 1 aromatic heterocycles. The van der Waals surface area contributed by atoms with Gasteiger partial charge in [0.1, 0.15) is 0 Å². The first kappa shape index (κ1) is 16.0. The van der Waals surface area contributed by atoms with E-state index in [4.69, 9.17) is 0 Å². The molecule has 0 N–H and O–H groups in total. The molecule has 0 aliphatic carbocycles. The molecule has 2 rings (SSSR count). The van der Waals surface area contributed by atoms with Gasteiger partial charge in [-0.25, -0.2) is 9.97 Å². The van der Waals surface area contributed by atoms with Crippen LogP contribution in [0.5, 0.6) is 0 Å². The molecule has 1 aliphatic heterocycles. The maximum Gasteiger partial charge on any atom is 0.401 e. The number of aryl methyl sites for hydroxylation is 2. The van der Waals surface area contributed by atoms with Crippen molar-refractivity contribution in [3.63, 3.8) is 0 Å². The Hall–Kier alpha value is -1.37. The number of rotatable bonds is 2. The molecule has 1 saturated heterocycles. The van der Waals surface area contributed by atoms with Gasteiger partial charge >= 0.3 is 6.18 Å². The normalized spacial score (nSPS) is 21.4. The number of alkyl halides is 3. The lowest BCUT2D eigenvalue weighted by Gasteiger charge is -2.23. The van der Waals surface area contributed by atoms with Crippen LogP contribution in [0.15, 0.2) is 6.07 Å². The molecule has 7 heteroatoms. The number of hydrogen-bond acceptors (Lipinski definition) is 4. The van der Waals surface area contributed by atoms with E-state index in [-0.39, 0.29) is 5.92 Å². The molecule has 0 bridgehead atoms. The van der Waals surface area contributed by atoms with Crippen LogP contribution in [0.25, 0.3) is 0 Å². The smallest absolute Gasteiger partial charge is 0.339 e. The Morgan fingerprint density at radius 2 is 1.76 bits per heavy atom. The molecule has 4 nitrogen and oxygen atoms in total. The van der Waals surface area contributed by atoms with Crippen molar-refractivity contribution in [1.82, 2.24) is 14.9 Å². The lowest BCUT2D eigenvalue weighted by atomic mass is 10.1. The van der Waals surface area contributed by atoms with E-state index in [0.29, 0.717) is 32.1 Å². The van der Waals surface area contributed by atoms with Gasteiger partial charge in [-0.3, -0.25) is 4.90 Å². The Labute approximate surface area is 123 Å². The third kappa shape index (κ3) is 4.84. The summed E-state index contributed by atoms with van der Waals surface area (Å²) in [5.41, 5.74) is 1.75. The van der Waals surface area contributed by atoms with E-state index in [2.05, 4.69) is 9.97 Å². The Bertz CT molecular complexity index is 469. The highest BCUT2D eigenvalue weighted by molar-refractivity contribution is 5.32. The van der Waals surface area contributed by atoms with Gasteiger partial charge in [0.15, 0.2) is 0 Å². The van der Waals surface area contributed by atoms with Gasteiger partial charge in [0.2, 0.25) is 5.95 Å². The minimum absolute atomic E-state index is 0.138. The summed E-state index contributed by atoms with van der Waals surface area (Å²) in [6, 6.07) is 1.89. The zero-order valence-corrected chi connectivity index (χ0v) is 12.6. The third-order valence-electron chi connectivity index (χ3n) is 3.44. The molecule has 1 unspecified atom stereocenters. The summed E-state index contributed by atoms with van der Waals surface area (Å²) in [5.74, 6) is 0.757. The summed E-state index contributed by atoms with van der Waals surface area (Å²) < 4.78 is 37.6. The average molecular weight is 302 g/mol. The van der Waals surface area contributed by atoms with Crippen LogP contribution < -0.4 is 4.90 Å². The molecule has 0 radical (unpaired) electrons. The van der Waals surface area contributed by atoms with E-state index in [1.165, 1.54) is 4.90 Å². The standard InChI is InChI=1S/C14H21F3N4/c1-10-7-20(9-14(15,16)17)4-5-21(8-10)13-18-11(2)6-12(3)19-13/h6,10H,4-5,7-9H2,1-3H3. The van der Waals surface area contributed by atoms with Crippen LogP contribution in [0.1, 0.15) is 18.3 Å². The summed E-state index contributed by atoms with van der Waals surface area (Å²) in [6.45, 7) is 6.93. The van der Waals surface area contributed by atoms with Crippen molar-refractivity contribution in [3.8, 4) is 0 Å². The van der Waals surface area contributed by atoms with Crippen molar-refractivity contribution >= 4 is 5.95 Å². The molecule has 1 atom stereocenters. The van der Waals surface area contributed by atoms with Gasteiger partial charge in [-0.15, -0.1) is 0 Å². The van der Waals surface area contributed by atoms with Crippen LogP contribution in [0, 0.1) is 19.8 Å². The number of aromatic nitrogens is 2. The van der Waals surface area contributed by atoms with Crippen LogP contribution in [0.3, 0.4) is 0 Å². The van der Waals surface area contributed by atoms with Gasteiger partial charge in [0.25, 0.3) is 0 Å². The number of halogens is 3. The molecule has 0 spiro atoms. The summed E-state index contributed by atoms with van der Waals surface area (Å²) >= 11 is 0. The first-order chi connectivity index (χ1) is 9.73. The summed E-state index contributed by atoms with van der Waals surface area (Å²) in [5, 5.41) is 0. The SMILES string of the molecule is Cc1cc(C)nc(N2CCN(CC(F)(F)F)CC(C)C2)n1. The van der Waals surface area contributed by atoms with E-state index >= 15 is 0 Å². The lowest BCUT2D eigenvalue weighted by Crippen LogP contribution is -2.38. The largest absolute Gasteiger partial charge is 0.401 e. The van der Waals surface area contributed by atoms with Gasteiger partial charge in [-0.05, 0) is 25.8 Å². The highest BCUT2D eigenvalue weighted by atomic mass is 19.4. The van der Waals surface area contributed by atoms with Crippen molar-refractivity contribution in [2.75, 3.05) is 37.6 Å². The van der Waals surface area contributed by atoms with Crippen molar-refractivity contribution in [3.05, 3.63) is 17.5 Å². The fourth-order valence-corrected chi connectivity index (χ4v) is 2.75. The summed E-state index contributed by atoms with van der Waals surface area (Å²) in [4.78, 5) is 12.3. The molecule has 118 valence electrons. The minimum atomic E-state index is -4.15. The predicted octanol–water partition coefficient (Wildman–Crippen LogP) is 2.41. The van der Waals surface area contributed by atoms with E-state index < -0.39 is 12.7 Å². The van der Waals surface area contributed by atoms with Crippen molar-refractivity contribution in [2.45, 2.75) is 26.9 Å². The van der Waals surface area contributed by atoms with Crippen molar-refractivity contribution in [2.24, 2.45) is 5.92 Å². The van der Waals surface area contributed by atoms with E-state index in [9.17, 15) is 13.2 Å². The molecule has 1 aromatic rings. The van der Waals surface area contributed by atoms with E-state index in [1.807, 2.05) is 31.7 Å². The Morgan fingerprint density at radius 3 is 2.33 bits per heavy atom. The number of hydrogen-bond donors (Lipinski definition) is 0. The van der Waals surface area contributed by atoms with Crippen LogP contribution in [-0.4, -0.2) is 53.8 Å². The van der Waals surface area contributed by atoms with Crippen LogP contribution in [-0.2, 0) is 0 Å². The van der Waals surface area contributed by atoms with Crippen molar-refractivity contribution < 1.29 is 13.2 Å². The second kappa shape index (κ2) is 6.17. The Kier molecular flexibility index (Phi) is 4.70. The van der Waals surface area contributed by atoms with Crippen LogP contribution in [0.4, 0.5) is 19.1 Å². The van der Waals surface area contributed by atoms with E-state index in [1.54, 1.807) is 0 Å². The van der Waals surface area contributed by atoms with Gasteiger partial charge in [-0.2, -0.15) is 13.2 Å². The lowest BCUT2D eigenvalue weighted by molar-refractivity contribution is -0.146. The molecule has 0 aromatic carbocycles. The molecule has 0 saturated carbocycles. The molecule has 21 heavy (non-hydrogen) atoms. The third-order valence-corrected chi connectivity index (χ3v) is 3.44. The first-order valence-corrected chi connectivity index (χ1v) is 7.09. The monoisotopic (exact) mass is 302 g/mol. The van der Waals surface area contributed by atoms with Gasteiger partial charge in [0.05, 0.1) is 6.54 Å². The van der Waals surface area contributed by atoms with Crippen molar-refractivity contribution in [1.29, 1.82) is 0 Å². The van der Waals surface area contributed by atoms with E-state index in [0.717, 1.165) is 11.4 Å². The van der Waals surface area contributed by atoms with Gasteiger partial charge < -0.3 is 4.90 Å². The van der Waals surface area contributed by atoms with Crippen LogP contribution >= 0.6 is 0 Å². The second-order valence-corrected chi connectivity index (χ2v) is 5.85. The molecule has 0 amide bonds. The highest BCUT2D eigenvalue weighted by Gasteiger charge is 2.33. The zero-order valence-electron chi connectivity index (χ0n) is 12.6. The minimum Gasteiger partial charge on any atom is -0.339 e. The van der Waals surface area contributed by atoms with Gasteiger partial charge in [-0.1, -0.05) is 6.92 Å². The quantitative estimate of drug-likeness (QED) is 0.840. The molecular formula is C14H21F3N4. The first-order valence-electron chi connectivity index (χ1n) is 7.09. The number of nitrogens with zero attached hydrogens (tertiary/aromatic N) is 4.